The molecule has 1 aromatic heterocycles. The molecule has 6 nitrogen and oxygen atoms in total. The lowest BCUT2D eigenvalue weighted by molar-refractivity contribution is -0.124. The second-order valence-electron chi connectivity index (χ2n) is 7.58. The van der Waals surface area contributed by atoms with Gasteiger partial charge < -0.3 is 14.5 Å². The van der Waals surface area contributed by atoms with E-state index in [2.05, 4.69) is 10.2 Å². The average Bonchev–Trinajstić information content (AvgIpc) is 3.37. The van der Waals surface area contributed by atoms with Crippen LogP contribution in [0.4, 0.5) is 0 Å². The van der Waals surface area contributed by atoms with E-state index in [9.17, 15) is 4.79 Å². The number of hydrogen-bond donors (Lipinski definition) is 1. The van der Waals surface area contributed by atoms with Gasteiger partial charge in [-0.1, -0.05) is 24.3 Å². The van der Waals surface area contributed by atoms with E-state index in [-0.39, 0.29) is 11.8 Å². The minimum Gasteiger partial charge on any atom is -0.457 e. The quantitative estimate of drug-likeness (QED) is 0.631. The van der Waals surface area contributed by atoms with Gasteiger partial charge in [-0.2, -0.15) is 0 Å². The molecule has 1 aliphatic heterocycles. The predicted molar refractivity (Wildman–Crippen MR) is 115 cm³/mol. The molecular weight excluding hydrogens is 378 g/mol. The van der Waals surface area contributed by atoms with Gasteiger partial charge in [0.25, 0.3) is 0 Å². The SMILES string of the molecule is CCNC(=O)[C@@H]1CCN(Cc2nc(-c3cccc(Oc4ccccc4)c3)oc2C)C1. The van der Waals surface area contributed by atoms with Gasteiger partial charge in [0.1, 0.15) is 17.3 Å². The van der Waals surface area contributed by atoms with Gasteiger partial charge in [-0.05, 0) is 57.1 Å². The highest BCUT2D eigenvalue weighted by Gasteiger charge is 2.29. The third-order valence-electron chi connectivity index (χ3n) is 5.32. The van der Waals surface area contributed by atoms with Crippen LogP contribution in [-0.4, -0.2) is 35.4 Å². The average molecular weight is 405 g/mol. The number of carbonyl (C=O) groups is 1. The Kier molecular flexibility index (Phi) is 6.14. The number of amides is 1. The number of ether oxygens (including phenoxy) is 1. The van der Waals surface area contributed by atoms with E-state index in [0.717, 1.165) is 48.0 Å². The van der Waals surface area contributed by atoms with Crippen LogP contribution in [0, 0.1) is 12.8 Å². The summed E-state index contributed by atoms with van der Waals surface area (Å²) in [7, 11) is 0. The van der Waals surface area contributed by atoms with Crippen LogP contribution in [0.2, 0.25) is 0 Å². The van der Waals surface area contributed by atoms with Crippen molar-refractivity contribution in [2.45, 2.75) is 26.8 Å². The first-order chi connectivity index (χ1) is 14.6. The van der Waals surface area contributed by atoms with Crippen LogP contribution in [0.1, 0.15) is 24.8 Å². The third kappa shape index (κ3) is 4.71. The molecule has 0 saturated carbocycles. The normalized spacial score (nSPS) is 16.5. The van der Waals surface area contributed by atoms with E-state index in [1.165, 1.54) is 0 Å². The van der Waals surface area contributed by atoms with E-state index >= 15 is 0 Å². The zero-order valence-electron chi connectivity index (χ0n) is 17.4. The number of benzene rings is 2. The number of para-hydroxylation sites is 1. The highest BCUT2D eigenvalue weighted by atomic mass is 16.5. The van der Waals surface area contributed by atoms with Crippen molar-refractivity contribution in [3.8, 4) is 23.0 Å². The number of oxazole rings is 1. The number of aryl methyl sites for hydroxylation is 1. The van der Waals surface area contributed by atoms with Crippen LogP contribution in [0.25, 0.3) is 11.5 Å². The largest absolute Gasteiger partial charge is 0.457 e. The van der Waals surface area contributed by atoms with Crippen LogP contribution >= 0.6 is 0 Å². The molecule has 2 heterocycles. The maximum atomic E-state index is 12.1. The molecule has 1 atom stereocenters. The number of carbonyl (C=O) groups excluding carboxylic acids is 1. The lowest BCUT2D eigenvalue weighted by atomic mass is 10.1. The van der Waals surface area contributed by atoms with Crippen molar-refractivity contribution in [2.24, 2.45) is 5.92 Å². The molecule has 0 unspecified atom stereocenters. The molecule has 0 aliphatic carbocycles. The number of aromatic nitrogens is 1. The predicted octanol–water partition coefficient (Wildman–Crippen LogP) is 4.40. The molecule has 0 bridgehead atoms. The smallest absolute Gasteiger partial charge is 0.226 e. The number of rotatable bonds is 7. The summed E-state index contributed by atoms with van der Waals surface area (Å²) in [5.41, 5.74) is 1.79. The molecule has 1 saturated heterocycles. The van der Waals surface area contributed by atoms with Gasteiger partial charge in [-0.3, -0.25) is 9.69 Å². The van der Waals surface area contributed by atoms with Gasteiger partial charge in [0.05, 0.1) is 11.6 Å². The van der Waals surface area contributed by atoms with Gasteiger partial charge >= 0.3 is 0 Å². The van der Waals surface area contributed by atoms with Crippen molar-refractivity contribution in [3.63, 3.8) is 0 Å². The molecule has 3 aromatic rings. The summed E-state index contributed by atoms with van der Waals surface area (Å²) >= 11 is 0. The van der Waals surface area contributed by atoms with Gasteiger partial charge in [-0.25, -0.2) is 4.98 Å². The van der Waals surface area contributed by atoms with E-state index in [4.69, 9.17) is 14.1 Å². The first-order valence-electron chi connectivity index (χ1n) is 10.4. The molecule has 0 spiro atoms. The fourth-order valence-corrected chi connectivity index (χ4v) is 3.74. The summed E-state index contributed by atoms with van der Waals surface area (Å²) in [5.74, 6) is 3.12. The zero-order valence-corrected chi connectivity index (χ0v) is 17.4. The standard InChI is InChI=1S/C24H27N3O3/c1-3-25-23(28)19-12-13-27(15-19)16-22-17(2)29-24(26-22)18-8-7-11-21(14-18)30-20-9-5-4-6-10-20/h4-11,14,19H,3,12-13,15-16H2,1-2H3,(H,25,28)/t19-/m1/s1. The van der Waals surface area contributed by atoms with Crippen molar-refractivity contribution >= 4 is 5.91 Å². The maximum absolute atomic E-state index is 12.1. The Balaban J connectivity index is 1.44. The Bertz CT molecular complexity index is 1000. The third-order valence-corrected chi connectivity index (χ3v) is 5.32. The van der Waals surface area contributed by atoms with Crippen molar-refractivity contribution in [1.29, 1.82) is 0 Å². The van der Waals surface area contributed by atoms with Gasteiger partial charge in [-0.15, -0.1) is 0 Å². The Morgan fingerprint density at radius 2 is 2.00 bits per heavy atom. The van der Waals surface area contributed by atoms with Crippen LogP contribution in [0.15, 0.2) is 59.0 Å². The fourth-order valence-electron chi connectivity index (χ4n) is 3.74. The first-order valence-corrected chi connectivity index (χ1v) is 10.4. The van der Waals surface area contributed by atoms with Gasteiger partial charge in [0.15, 0.2) is 0 Å². The summed E-state index contributed by atoms with van der Waals surface area (Å²) < 4.78 is 11.9. The number of hydrogen-bond acceptors (Lipinski definition) is 5. The molecule has 156 valence electrons. The maximum Gasteiger partial charge on any atom is 0.226 e. The van der Waals surface area contributed by atoms with E-state index in [1.807, 2.05) is 68.4 Å². The highest BCUT2D eigenvalue weighted by molar-refractivity contribution is 5.79. The Labute approximate surface area is 176 Å². The minimum atomic E-state index is 0.0587. The Morgan fingerprint density at radius 1 is 1.20 bits per heavy atom. The lowest BCUT2D eigenvalue weighted by Gasteiger charge is -2.14. The number of nitrogens with zero attached hydrogens (tertiary/aromatic N) is 2. The van der Waals surface area contributed by atoms with Crippen LogP contribution < -0.4 is 10.1 Å². The molecule has 6 heteroatoms. The molecule has 2 aromatic carbocycles. The second kappa shape index (κ2) is 9.13. The zero-order chi connectivity index (χ0) is 20.9. The molecule has 1 amide bonds. The summed E-state index contributed by atoms with van der Waals surface area (Å²) in [6, 6.07) is 17.4. The van der Waals surface area contributed by atoms with Crippen molar-refractivity contribution < 1.29 is 13.9 Å². The lowest BCUT2D eigenvalue weighted by Crippen LogP contribution is -2.32. The number of likely N-dealkylation sites (tertiary alicyclic amines) is 1. The van der Waals surface area contributed by atoms with Gasteiger partial charge in [0.2, 0.25) is 11.8 Å². The van der Waals surface area contributed by atoms with Crippen LogP contribution in [0.3, 0.4) is 0 Å². The molecule has 1 aliphatic rings. The van der Waals surface area contributed by atoms with Gasteiger partial charge in [0, 0.05) is 25.2 Å². The Hall–Kier alpha value is -3.12. The van der Waals surface area contributed by atoms with Crippen molar-refractivity contribution in [3.05, 3.63) is 66.1 Å². The fraction of sp³-hybridized carbons (Fsp3) is 0.333. The van der Waals surface area contributed by atoms with E-state index in [0.29, 0.717) is 19.0 Å². The minimum absolute atomic E-state index is 0.0587. The summed E-state index contributed by atoms with van der Waals surface area (Å²) in [6.45, 7) is 6.90. The van der Waals surface area contributed by atoms with Crippen LogP contribution in [-0.2, 0) is 11.3 Å². The summed E-state index contributed by atoms with van der Waals surface area (Å²) in [5, 5.41) is 2.92. The molecule has 0 radical (unpaired) electrons. The van der Waals surface area contributed by atoms with Crippen LogP contribution in [0.5, 0.6) is 11.5 Å². The molecule has 1 fully saturated rings. The molecule has 1 N–H and O–H groups in total. The van der Waals surface area contributed by atoms with E-state index in [1.54, 1.807) is 0 Å². The first kappa shape index (κ1) is 20.2. The second-order valence-corrected chi connectivity index (χ2v) is 7.58. The number of nitrogens with one attached hydrogen (secondary N) is 1. The summed E-state index contributed by atoms with van der Waals surface area (Å²) in [6.07, 6.45) is 0.883. The Morgan fingerprint density at radius 3 is 2.80 bits per heavy atom. The topological polar surface area (TPSA) is 67.6 Å². The monoisotopic (exact) mass is 405 g/mol. The molecule has 30 heavy (non-hydrogen) atoms. The van der Waals surface area contributed by atoms with Crippen molar-refractivity contribution in [1.82, 2.24) is 15.2 Å². The van der Waals surface area contributed by atoms with Crippen molar-refractivity contribution in [2.75, 3.05) is 19.6 Å². The van der Waals surface area contributed by atoms with E-state index < -0.39 is 0 Å². The summed E-state index contributed by atoms with van der Waals surface area (Å²) in [4.78, 5) is 19.1. The molecule has 4 rings (SSSR count). The highest BCUT2D eigenvalue weighted by Crippen LogP contribution is 2.29. The molecular formula is C24H27N3O3.